The van der Waals surface area contributed by atoms with Crippen LogP contribution in [0.15, 0.2) is 261 Å². The fourth-order valence-electron chi connectivity index (χ4n) is 11.9. The molecule has 0 atom stereocenters. The minimum absolute atomic E-state index is 0.244. The molecular weight excluding hydrogens is 895 g/mol. The number of nitrogens with zero attached hydrogens (tertiary/aromatic N) is 3. The van der Waals surface area contributed by atoms with Crippen molar-refractivity contribution < 1.29 is 0 Å². The predicted molar refractivity (Wildman–Crippen MR) is 314 cm³/mol. The lowest BCUT2D eigenvalue weighted by Gasteiger charge is -2.28. The Hall–Kier alpha value is -9.44. The Labute approximate surface area is 431 Å². The molecule has 0 saturated heterocycles. The molecule has 0 radical (unpaired) electrons. The van der Waals surface area contributed by atoms with E-state index in [1.807, 2.05) is 6.08 Å². The van der Waals surface area contributed by atoms with Crippen molar-refractivity contribution in [3.63, 3.8) is 0 Å². The first-order valence-corrected chi connectivity index (χ1v) is 25.6. The van der Waals surface area contributed by atoms with Crippen LogP contribution in [-0.4, -0.2) is 9.13 Å². The van der Waals surface area contributed by atoms with Gasteiger partial charge in [0.1, 0.15) is 0 Å². The summed E-state index contributed by atoms with van der Waals surface area (Å²) in [6, 6.07) is 93.6. The molecule has 350 valence electrons. The fourth-order valence-corrected chi connectivity index (χ4v) is 11.9. The molecule has 2 heterocycles. The molecule has 0 aliphatic heterocycles. The summed E-state index contributed by atoms with van der Waals surface area (Å²) in [7, 11) is 0. The average Bonchev–Trinajstić information content (AvgIpc) is 4.06. The molecule has 1 aliphatic rings. The van der Waals surface area contributed by atoms with Gasteiger partial charge >= 0.3 is 0 Å². The summed E-state index contributed by atoms with van der Waals surface area (Å²) in [5.74, 6) is 0. The molecule has 14 rings (SSSR count). The van der Waals surface area contributed by atoms with E-state index in [9.17, 15) is 0 Å². The highest BCUT2D eigenvalue weighted by Crippen LogP contribution is 2.52. The van der Waals surface area contributed by atoms with Gasteiger partial charge in [-0.2, -0.15) is 0 Å². The molecule has 0 amide bonds. The number of para-hydroxylation sites is 3. The third-order valence-corrected chi connectivity index (χ3v) is 15.7. The second-order valence-electron chi connectivity index (χ2n) is 20.2. The molecule has 13 aromatic rings. The van der Waals surface area contributed by atoms with Gasteiger partial charge in [-0.05, 0) is 158 Å². The van der Waals surface area contributed by atoms with Crippen LogP contribution in [0, 0.1) is 0 Å². The molecule has 3 heteroatoms. The first-order valence-electron chi connectivity index (χ1n) is 25.6. The van der Waals surface area contributed by atoms with Crippen LogP contribution in [0.25, 0.3) is 106 Å². The van der Waals surface area contributed by atoms with Gasteiger partial charge in [0, 0.05) is 55.4 Å². The van der Waals surface area contributed by atoms with E-state index in [-0.39, 0.29) is 5.41 Å². The fraction of sp³-hybridized carbons (Fsp3) is 0.0423. The first-order chi connectivity index (χ1) is 36.4. The molecule has 0 unspecified atom stereocenters. The van der Waals surface area contributed by atoms with Crippen molar-refractivity contribution in [1.29, 1.82) is 0 Å². The van der Waals surface area contributed by atoms with Crippen molar-refractivity contribution in [2.45, 2.75) is 19.3 Å². The molecule has 0 bridgehead atoms. The summed E-state index contributed by atoms with van der Waals surface area (Å²) in [6.07, 6.45) is 1.90. The molecular formula is C71H51N3. The second-order valence-corrected chi connectivity index (χ2v) is 20.2. The molecule has 0 spiro atoms. The first kappa shape index (κ1) is 43.4. The molecule has 11 aromatic carbocycles. The predicted octanol–water partition coefficient (Wildman–Crippen LogP) is 19.3. The highest BCUT2D eigenvalue weighted by Gasteiger charge is 2.36. The third kappa shape index (κ3) is 6.96. The maximum atomic E-state index is 3.97. The maximum absolute atomic E-state index is 3.97. The molecule has 0 saturated carbocycles. The topological polar surface area (TPSA) is 13.1 Å². The smallest absolute Gasteiger partial charge is 0.0541 e. The maximum Gasteiger partial charge on any atom is 0.0541 e. The van der Waals surface area contributed by atoms with Gasteiger partial charge in [0.2, 0.25) is 0 Å². The Morgan fingerprint density at radius 3 is 1.28 bits per heavy atom. The van der Waals surface area contributed by atoms with Gasteiger partial charge in [-0.25, -0.2) is 0 Å². The van der Waals surface area contributed by atoms with Crippen LogP contribution in [0.3, 0.4) is 0 Å². The summed E-state index contributed by atoms with van der Waals surface area (Å²) in [4.78, 5) is 2.41. The van der Waals surface area contributed by atoms with E-state index in [2.05, 4.69) is 289 Å². The zero-order valence-corrected chi connectivity index (χ0v) is 41.4. The molecule has 1 aliphatic carbocycles. The second kappa shape index (κ2) is 17.1. The molecule has 0 N–H and O–H groups in total. The molecule has 3 nitrogen and oxygen atoms in total. The summed E-state index contributed by atoms with van der Waals surface area (Å²) in [5.41, 5.74) is 23.8. The SMILES string of the molecule is C=Cc1ccc(-n2c3ccccc3c3cc(-c4ccc5c(c4)C(C)(C)c4cc(N(c6ccc(-c7ccccc7)cc6)c6ccc(-c7ccc(-n8c9ccccc9c9ccccc98)cc7)cc6)ccc4-5)ccc32)cc1. The third-order valence-electron chi connectivity index (χ3n) is 15.7. The Bertz CT molecular complexity index is 4250. The summed E-state index contributed by atoms with van der Waals surface area (Å²) in [5, 5.41) is 5.03. The normalized spacial score (nSPS) is 12.6. The Kier molecular flexibility index (Phi) is 10.0. The van der Waals surface area contributed by atoms with Crippen molar-refractivity contribution in [2.24, 2.45) is 0 Å². The number of anilines is 3. The van der Waals surface area contributed by atoms with Crippen molar-refractivity contribution in [1.82, 2.24) is 9.13 Å². The van der Waals surface area contributed by atoms with Gasteiger partial charge in [-0.15, -0.1) is 0 Å². The van der Waals surface area contributed by atoms with E-state index in [0.29, 0.717) is 0 Å². The van der Waals surface area contributed by atoms with Crippen LogP contribution in [0.4, 0.5) is 17.1 Å². The Morgan fingerprint density at radius 2 is 0.730 bits per heavy atom. The summed E-state index contributed by atoms with van der Waals surface area (Å²) < 4.78 is 4.75. The lowest BCUT2D eigenvalue weighted by Crippen LogP contribution is -2.16. The minimum atomic E-state index is -0.244. The monoisotopic (exact) mass is 945 g/mol. The van der Waals surface area contributed by atoms with Crippen LogP contribution in [0.5, 0.6) is 0 Å². The van der Waals surface area contributed by atoms with Crippen molar-refractivity contribution in [3.8, 4) is 55.9 Å². The van der Waals surface area contributed by atoms with E-state index in [1.165, 1.54) is 99.2 Å². The largest absolute Gasteiger partial charge is 0.310 e. The van der Waals surface area contributed by atoms with Crippen LogP contribution in [-0.2, 0) is 5.41 Å². The van der Waals surface area contributed by atoms with Crippen molar-refractivity contribution >= 4 is 66.7 Å². The zero-order valence-electron chi connectivity index (χ0n) is 41.4. The number of aromatic nitrogens is 2. The number of hydrogen-bond acceptors (Lipinski definition) is 1. The van der Waals surface area contributed by atoms with Crippen molar-refractivity contribution in [2.75, 3.05) is 4.90 Å². The number of rotatable bonds is 9. The van der Waals surface area contributed by atoms with Gasteiger partial charge in [0.05, 0.1) is 22.1 Å². The quantitative estimate of drug-likeness (QED) is 0.141. The number of benzene rings is 11. The van der Waals surface area contributed by atoms with Gasteiger partial charge in [-0.3, -0.25) is 0 Å². The van der Waals surface area contributed by atoms with Gasteiger partial charge in [0.15, 0.2) is 0 Å². The summed E-state index contributed by atoms with van der Waals surface area (Å²) in [6.45, 7) is 8.74. The Balaban J connectivity index is 0.812. The zero-order chi connectivity index (χ0) is 49.5. The number of fused-ring (bicyclic) bond motifs is 9. The van der Waals surface area contributed by atoms with Gasteiger partial charge in [0.25, 0.3) is 0 Å². The average molecular weight is 946 g/mol. The van der Waals surface area contributed by atoms with E-state index < -0.39 is 0 Å². The molecule has 0 fully saturated rings. The lowest BCUT2D eigenvalue weighted by molar-refractivity contribution is 0.660. The van der Waals surface area contributed by atoms with E-state index >= 15 is 0 Å². The van der Waals surface area contributed by atoms with Crippen molar-refractivity contribution in [3.05, 3.63) is 278 Å². The Morgan fingerprint density at radius 1 is 0.338 bits per heavy atom. The van der Waals surface area contributed by atoms with Crippen LogP contribution in [0.1, 0.15) is 30.5 Å². The van der Waals surface area contributed by atoms with Crippen LogP contribution < -0.4 is 4.90 Å². The van der Waals surface area contributed by atoms with E-state index in [1.54, 1.807) is 0 Å². The number of hydrogen-bond donors (Lipinski definition) is 0. The highest BCUT2D eigenvalue weighted by molar-refractivity contribution is 6.11. The molecule has 74 heavy (non-hydrogen) atoms. The van der Waals surface area contributed by atoms with Crippen LogP contribution in [0.2, 0.25) is 0 Å². The minimum Gasteiger partial charge on any atom is -0.310 e. The lowest BCUT2D eigenvalue weighted by atomic mass is 9.81. The summed E-state index contributed by atoms with van der Waals surface area (Å²) >= 11 is 0. The van der Waals surface area contributed by atoms with Crippen LogP contribution >= 0.6 is 0 Å². The molecule has 2 aromatic heterocycles. The highest BCUT2D eigenvalue weighted by atomic mass is 15.1. The van der Waals surface area contributed by atoms with E-state index in [0.717, 1.165) is 34.0 Å². The van der Waals surface area contributed by atoms with E-state index in [4.69, 9.17) is 0 Å². The van der Waals surface area contributed by atoms with Gasteiger partial charge < -0.3 is 14.0 Å². The van der Waals surface area contributed by atoms with Gasteiger partial charge in [-0.1, -0.05) is 184 Å². The standard InChI is InChI=1S/C71H51N3/c1-4-47-22-32-56(33-23-47)74-69-21-13-10-18-63(69)64-44-52(31-43-70(64)74)53-30-41-59-60-42-40-58(46-66(60)71(2,3)65(59)45-53)72(54-34-24-49(25-35-54)48-14-6-5-7-15-48)55-36-26-50(27-37-55)51-28-38-57(39-29-51)73-67-19-11-8-16-61(67)62-17-9-12-20-68(62)73/h4-46H,1H2,2-3H3.